The second-order valence-electron chi connectivity index (χ2n) is 3.97. The summed E-state index contributed by atoms with van der Waals surface area (Å²) in [5, 5.41) is 3.15. The van der Waals surface area contributed by atoms with Gasteiger partial charge in [0.1, 0.15) is 0 Å². The Hall–Kier alpha value is -1.10. The monoisotopic (exact) mass is 228 g/mol. The molecule has 1 aliphatic rings. The normalized spacial score (nSPS) is 17.2. The highest BCUT2D eigenvalue weighted by Gasteiger charge is 2.20. The van der Waals surface area contributed by atoms with Crippen molar-refractivity contribution >= 4 is 11.9 Å². The van der Waals surface area contributed by atoms with Crippen LogP contribution < -0.4 is 5.32 Å². The highest BCUT2D eigenvalue weighted by atomic mass is 16.5. The summed E-state index contributed by atoms with van der Waals surface area (Å²) in [6.07, 6.45) is 1.80. The van der Waals surface area contributed by atoms with Crippen molar-refractivity contribution in [3.8, 4) is 0 Å². The van der Waals surface area contributed by atoms with E-state index in [1.165, 1.54) is 0 Å². The van der Waals surface area contributed by atoms with Crippen molar-refractivity contribution in [2.75, 3.05) is 26.2 Å². The van der Waals surface area contributed by atoms with Crippen molar-refractivity contribution < 1.29 is 14.3 Å². The van der Waals surface area contributed by atoms with Gasteiger partial charge < -0.3 is 15.0 Å². The molecule has 0 radical (unpaired) electrons. The Morgan fingerprint density at radius 3 is 2.50 bits per heavy atom. The molecule has 0 saturated carbocycles. The van der Waals surface area contributed by atoms with E-state index in [-0.39, 0.29) is 18.4 Å². The van der Waals surface area contributed by atoms with Crippen molar-refractivity contribution in [1.29, 1.82) is 0 Å². The Balaban J connectivity index is 2.17. The van der Waals surface area contributed by atoms with E-state index in [1.54, 1.807) is 13.8 Å². The van der Waals surface area contributed by atoms with Crippen LogP contribution in [0.1, 0.15) is 26.7 Å². The number of carbonyl (C=O) groups is 2. The topological polar surface area (TPSA) is 58.6 Å². The number of likely N-dealkylation sites (tertiary alicyclic amines) is 1. The molecule has 0 unspecified atom stereocenters. The minimum Gasteiger partial charge on any atom is -0.465 e. The summed E-state index contributed by atoms with van der Waals surface area (Å²) >= 11 is 0. The zero-order chi connectivity index (χ0) is 12.0. The van der Waals surface area contributed by atoms with Gasteiger partial charge in [0.2, 0.25) is 5.91 Å². The molecule has 5 heteroatoms. The summed E-state index contributed by atoms with van der Waals surface area (Å²) in [4.78, 5) is 24.0. The first-order valence-electron chi connectivity index (χ1n) is 5.78. The number of carbonyl (C=O) groups excluding carboxylic acids is 2. The summed E-state index contributed by atoms with van der Waals surface area (Å²) in [7, 11) is 0. The average Bonchev–Trinajstić information content (AvgIpc) is 2.27. The standard InChI is InChI=1S/C11H20N2O3/c1-3-16-11(15)8-12-10-4-6-13(7-5-10)9(2)14/h10,12H,3-8H2,1-2H3. The minimum atomic E-state index is -0.212. The SMILES string of the molecule is CCOC(=O)CNC1CCN(C(C)=O)CC1. The van der Waals surface area contributed by atoms with Crippen LogP contribution in [0, 0.1) is 0 Å². The Labute approximate surface area is 96.1 Å². The lowest BCUT2D eigenvalue weighted by molar-refractivity contribution is -0.142. The highest BCUT2D eigenvalue weighted by molar-refractivity contribution is 5.73. The number of hydrogen-bond donors (Lipinski definition) is 1. The lowest BCUT2D eigenvalue weighted by Crippen LogP contribution is -2.45. The fraction of sp³-hybridized carbons (Fsp3) is 0.818. The van der Waals surface area contributed by atoms with Crippen LogP contribution in [0.4, 0.5) is 0 Å². The molecular weight excluding hydrogens is 208 g/mol. The van der Waals surface area contributed by atoms with Gasteiger partial charge in [-0.1, -0.05) is 0 Å². The number of amides is 1. The number of hydrogen-bond acceptors (Lipinski definition) is 4. The van der Waals surface area contributed by atoms with Crippen LogP contribution in [-0.4, -0.2) is 49.1 Å². The fourth-order valence-electron chi connectivity index (χ4n) is 1.84. The van der Waals surface area contributed by atoms with Gasteiger partial charge in [-0.15, -0.1) is 0 Å². The Morgan fingerprint density at radius 2 is 2.00 bits per heavy atom. The first-order chi connectivity index (χ1) is 7.63. The Morgan fingerprint density at radius 1 is 1.38 bits per heavy atom. The second kappa shape index (κ2) is 6.48. The van der Waals surface area contributed by atoms with E-state index in [0.29, 0.717) is 12.6 Å². The van der Waals surface area contributed by atoms with Crippen LogP contribution in [-0.2, 0) is 14.3 Å². The largest absolute Gasteiger partial charge is 0.465 e. The Bertz CT molecular complexity index is 248. The molecule has 1 saturated heterocycles. The molecule has 0 spiro atoms. The molecule has 1 rings (SSSR count). The van der Waals surface area contributed by atoms with Gasteiger partial charge in [-0.2, -0.15) is 0 Å². The molecule has 1 amide bonds. The van der Waals surface area contributed by atoms with Crippen LogP contribution in [0.2, 0.25) is 0 Å². The first-order valence-corrected chi connectivity index (χ1v) is 5.78. The maximum Gasteiger partial charge on any atom is 0.319 e. The molecule has 0 atom stereocenters. The molecule has 0 aromatic heterocycles. The van der Waals surface area contributed by atoms with Crippen LogP contribution in [0.5, 0.6) is 0 Å². The molecule has 0 bridgehead atoms. The van der Waals surface area contributed by atoms with Gasteiger partial charge in [0.05, 0.1) is 13.2 Å². The predicted octanol–water partition coefficient (Wildman–Crippen LogP) is 0.150. The van der Waals surface area contributed by atoms with Crippen molar-refractivity contribution in [3.05, 3.63) is 0 Å². The van der Waals surface area contributed by atoms with E-state index in [9.17, 15) is 9.59 Å². The van der Waals surface area contributed by atoms with Crippen LogP contribution in [0.3, 0.4) is 0 Å². The van der Waals surface area contributed by atoms with Crippen molar-refractivity contribution in [2.24, 2.45) is 0 Å². The predicted molar refractivity (Wildman–Crippen MR) is 59.9 cm³/mol. The molecule has 5 nitrogen and oxygen atoms in total. The van der Waals surface area contributed by atoms with Gasteiger partial charge in [0.15, 0.2) is 0 Å². The van der Waals surface area contributed by atoms with Crippen LogP contribution in [0.15, 0.2) is 0 Å². The van der Waals surface area contributed by atoms with Gasteiger partial charge in [-0.05, 0) is 19.8 Å². The number of esters is 1. The minimum absolute atomic E-state index is 0.129. The smallest absolute Gasteiger partial charge is 0.319 e. The highest BCUT2D eigenvalue weighted by Crippen LogP contribution is 2.09. The zero-order valence-electron chi connectivity index (χ0n) is 9.99. The maximum absolute atomic E-state index is 11.1. The third-order valence-corrected chi connectivity index (χ3v) is 2.78. The van der Waals surface area contributed by atoms with Crippen molar-refractivity contribution in [3.63, 3.8) is 0 Å². The summed E-state index contributed by atoms with van der Waals surface area (Å²) in [5.41, 5.74) is 0. The number of ether oxygens (including phenoxy) is 1. The van der Waals surface area contributed by atoms with Gasteiger partial charge in [0.25, 0.3) is 0 Å². The molecule has 1 N–H and O–H groups in total. The number of piperidine rings is 1. The third kappa shape index (κ3) is 4.18. The molecule has 1 fully saturated rings. The molecular formula is C11H20N2O3. The number of nitrogens with one attached hydrogen (secondary N) is 1. The maximum atomic E-state index is 11.1. The van der Waals surface area contributed by atoms with E-state index in [1.807, 2.05) is 4.90 Å². The zero-order valence-corrected chi connectivity index (χ0v) is 9.99. The second-order valence-corrected chi connectivity index (χ2v) is 3.97. The van der Waals surface area contributed by atoms with Gasteiger partial charge in [-0.25, -0.2) is 0 Å². The number of rotatable bonds is 4. The van der Waals surface area contributed by atoms with E-state index in [2.05, 4.69) is 5.32 Å². The van der Waals surface area contributed by atoms with Crippen molar-refractivity contribution in [2.45, 2.75) is 32.7 Å². The summed E-state index contributed by atoms with van der Waals surface area (Å²) in [6.45, 7) is 5.61. The lowest BCUT2D eigenvalue weighted by atomic mass is 10.1. The third-order valence-electron chi connectivity index (χ3n) is 2.78. The molecule has 0 aliphatic carbocycles. The Kier molecular flexibility index (Phi) is 5.25. The molecule has 0 aromatic carbocycles. The van der Waals surface area contributed by atoms with E-state index >= 15 is 0 Å². The molecule has 0 aromatic rings. The molecule has 16 heavy (non-hydrogen) atoms. The lowest BCUT2D eigenvalue weighted by Gasteiger charge is -2.31. The fourth-order valence-corrected chi connectivity index (χ4v) is 1.84. The molecule has 1 aliphatic heterocycles. The molecule has 1 heterocycles. The van der Waals surface area contributed by atoms with Crippen LogP contribution >= 0.6 is 0 Å². The van der Waals surface area contributed by atoms with Gasteiger partial charge in [-0.3, -0.25) is 9.59 Å². The summed E-state index contributed by atoms with van der Waals surface area (Å²) < 4.78 is 4.83. The average molecular weight is 228 g/mol. The van der Waals surface area contributed by atoms with E-state index in [0.717, 1.165) is 25.9 Å². The molecule has 92 valence electrons. The quantitative estimate of drug-likeness (QED) is 0.696. The van der Waals surface area contributed by atoms with E-state index in [4.69, 9.17) is 4.74 Å². The summed E-state index contributed by atoms with van der Waals surface area (Å²) in [5.74, 6) is -0.0830. The first kappa shape index (κ1) is 13.0. The van der Waals surface area contributed by atoms with Crippen molar-refractivity contribution in [1.82, 2.24) is 10.2 Å². The summed E-state index contributed by atoms with van der Waals surface area (Å²) in [6, 6.07) is 0.319. The van der Waals surface area contributed by atoms with Gasteiger partial charge >= 0.3 is 5.97 Å². The van der Waals surface area contributed by atoms with Gasteiger partial charge in [0, 0.05) is 26.1 Å². The van der Waals surface area contributed by atoms with E-state index < -0.39 is 0 Å². The van der Waals surface area contributed by atoms with Crippen LogP contribution in [0.25, 0.3) is 0 Å². The number of nitrogens with zero attached hydrogens (tertiary/aromatic N) is 1.